The summed E-state index contributed by atoms with van der Waals surface area (Å²) in [6, 6.07) is 12.0. The number of aryl methyl sites for hydroxylation is 1. The Hall–Kier alpha value is -2.67. The van der Waals surface area contributed by atoms with Gasteiger partial charge in [0.05, 0.1) is 11.1 Å². The number of hydrogen-bond donors (Lipinski definition) is 1. The van der Waals surface area contributed by atoms with Crippen LogP contribution in [0.1, 0.15) is 73.2 Å². The molecule has 1 amide bonds. The first-order valence-electron chi connectivity index (χ1n) is 12.2. The summed E-state index contributed by atoms with van der Waals surface area (Å²) in [7, 11) is 0. The van der Waals surface area contributed by atoms with E-state index in [1.54, 1.807) is 24.3 Å². The topological polar surface area (TPSA) is 81.7 Å². The van der Waals surface area contributed by atoms with Crippen LogP contribution in [0, 0.1) is 17.8 Å². The molecule has 0 radical (unpaired) electrons. The van der Waals surface area contributed by atoms with Crippen molar-refractivity contribution in [2.75, 3.05) is 11.9 Å². The molecule has 188 valence electrons. The van der Waals surface area contributed by atoms with Gasteiger partial charge in [-0.05, 0) is 72.9 Å². The van der Waals surface area contributed by atoms with Crippen LogP contribution >= 0.6 is 15.9 Å². The molecule has 0 aliphatic heterocycles. The van der Waals surface area contributed by atoms with Crippen LogP contribution in [0.3, 0.4) is 0 Å². The van der Waals surface area contributed by atoms with Crippen LogP contribution < -0.4 is 5.32 Å². The van der Waals surface area contributed by atoms with Gasteiger partial charge in [-0.3, -0.25) is 4.79 Å². The second-order valence-electron chi connectivity index (χ2n) is 9.59. The lowest BCUT2D eigenvalue weighted by molar-refractivity contribution is -0.119. The van der Waals surface area contributed by atoms with Gasteiger partial charge < -0.3 is 14.8 Å². The molecule has 0 unspecified atom stereocenters. The fraction of sp³-hybridized carbons (Fsp3) is 0.464. The Morgan fingerprint density at radius 1 is 1.06 bits per heavy atom. The highest BCUT2D eigenvalue weighted by atomic mass is 79.9. The van der Waals surface area contributed by atoms with Gasteiger partial charge in [0.1, 0.15) is 6.10 Å². The molecule has 3 rings (SSSR count). The van der Waals surface area contributed by atoms with E-state index in [4.69, 9.17) is 9.47 Å². The Bertz CT molecular complexity index is 1070. The average molecular weight is 544 g/mol. The van der Waals surface area contributed by atoms with E-state index in [9.17, 15) is 14.4 Å². The molecule has 7 heteroatoms. The summed E-state index contributed by atoms with van der Waals surface area (Å²) in [5.74, 6) is -0.541. The molecular formula is C28H34BrNO5. The third-order valence-electron chi connectivity index (χ3n) is 6.64. The third kappa shape index (κ3) is 7.17. The van der Waals surface area contributed by atoms with E-state index in [0.29, 0.717) is 23.4 Å². The number of rotatable bonds is 8. The fourth-order valence-corrected chi connectivity index (χ4v) is 5.07. The Kier molecular flexibility index (Phi) is 9.49. The van der Waals surface area contributed by atoms with Crippen LogP contribution in [0.15, 0.2) is 46.9 Å². The standard InChI is InChI=1S/C28H34BrNO5/c1-5-19-15-20(29)11-13-24(19)30-26(31)16-34-27(32)22-8-6-7-9-23(22)28(33)35-25-14-18(4)10-12-21(25)17(2)3/h6-9,11,13,15,17-18,21,25H,5,10,12,14,16H2,1-4H3,(H,30,31)/t18-,21+,25+/m0/s1. The number of carbonyl (C=O) groups is 3. The van der Waals surface area contributed by atoms with E-state index >= 15 is 0 Å². The third-order valence-corrected chi connectivity index (χ3v) is 7.14. The summed E-state index contributed by atoms with van der Waals surface area (Å²) in [6.07, 6.45) is 3.52. The number of carbonyl (C=O) groups excluding carboxylic acids is 3. The summed E-state index contributed by atoms with van der Waals surface area (Å²) in [4.78, 5) is 38.3. The quantitative estimate of drug-likeness (QED) is 0.388. The van der Waals surface area contributed by atoms with E-state index in [1.807, 2.05) is 19.1 Å². The van der Waals surface area contributed by atoms with Crippen molar-refractivity contribution in [2.24, 2.45) is 17.8 Å². The number of amides is 1. The SMILES string of the molecule is CCc1cc(Br)ccc1NC(=O)COC(=O)c1ccccc1C(=O)O[C@@H]1C[C@@H](C)CC[C@@H]1C(C)C. The Morgan fingerprint density at radius 2 is 1.74 bits per heavy atom. The van der Waals surface area contributed by atoms with Crippen LogP contribution in [0.4, 0.5) is 5.69 Å². The number of halogens is 1. The largest absolute Gasteiger partial charge is 0.458 e. The zero-order chi connectivity index (χ0) is 25.5. The molecule has 1 fully saturated rings. The molecule has 1 aliphatic carbocycles. The second kappa shape index (κ2) is 12.3. The van der Waals surface area contributed by atoms with E-state index < -0.39 is 24.5 Å². The van der Waals surface area contributed by atoms with Crippen molar-refractivity contribution in [1.29, 1.82) is 0 Å². The molecular weight excluding hydrogens is 510 g/mol. The lowest BCUT2D eigenvalue weighted by atomic mass is 9.75. The Morgan fingerprint density at radius 3 is 2.40 bits per heavy atom. The highest BCUT2D eigenvalue weighted by Crippen LogP contribution is 2.36. The highest BCUT2D eigenvalue weighted by Gasteiger charge is 2.34. The van der Waals surface area contributed by atoms with Crippen molar-refractivity contribution in [3.8, 4) is 0 Å². The summed E-state index contributed by atoms with van der Waals surface area (Å²) < 4.78 is 12.1. The molecule has 1 N–H and O–H groups in total. The lowest BCUT2D eigenvalue weighted by Crippen LogP contribution is -2.36. The van der Waals surface area contributed by atoms with Gasteiger partial charge >= 0.3 is 11.9 Å². The Balaban J connectivity index is 1.65. The van der Waals surface area contributed by atoms with E-state index in [1.165, 1.54) is 6.07 Å². The number of ether oxygens (including phenoxy) is 2. The van der Waals surface area contributed by atoms with E-state index in [-0.39, 0.29) is 17.2 Å². The summed E-state index contributed by atoms with van der Waals surface area (Å²) >= 11 is 3.42. The van der Waals surface area contributed by atoms with Gasteiger partial charge in [-0.1, -0.05) is 62.2 Å². The number of nitrogens with one attached hydrogen (secondary N) is 1. The van der Waals surface area contributed by atoms with Crippen molar-refractivity contribution in [3.63, 3.8) is 0 Å². The summed E-state index contributed by atoms with van der Waals surface area (Å²) in [5.41, 5.74) is 1.87. The van der Waals surface area contributed by atoms with E-state index in [2.05, 4.69) is 42.0 Å². The maximum Gasteiger partial charge on any atom is 0.339 e. The van der Waals surface area contributed by atoms with Crippen LogP contribution in [0.25, 0.3) is 0 Å². The van der Waals surface area contributed by atoms with Crippen molar-refractivity contribution in [3.05, 3.63) is 63.6 Å². The van der Waals surface area contributed by atoms with Gasteiger partial charge in [0.2, 0.25) is 0 Å². The molecule has 1 saturated carbocycles. The van der Waals surface area contributed by atoms with Gasteiger partial charge in [0.25, 0.3) is 5.91 Å². The zero-order valence-corrected chi connectivity index (χ0v) is 22.4. The smallest absolute Gasteiger partial charge is 0.339 e. The molecule has 1 aliphatic rings. The first kappa shape index (κ1) is 26.9. The summed E-state index contributed by atoms with van der Waals surface area (Å²) in [5, 5.41) is 2.78. The number of anilines is 1. The average Bonchev–Trinajstić information content (AvgIpc) is 2.83. The molecule has 0 aromatic heterocycles. The molecule has 0 bridgehead atoms. The van der Waals surface area contributed by atoms with Gasteiger partial charge in [0.15, 0.2) is 6.61 Å². The first-order chi connectivity index (χ1) is 16.7. The molecule has 6 nitrogen and oxygen atoms in total. The first-order valence-corrected chi connectivity index (χ1v) is 13.0. The van der Waals surface area contributed by atoms with Gasteiger partial charge in [-0.2, -0.15) is 0 Å². The predicted octanol–water partition coefficient (Wildman–Crippen LogP) is 6.42. The van der Waals surface area contributed by atoms with Gasteiger partial charge in [-0.15, -0.1) is 0 Å². The number of benzene rings is 2. The minimum absolute atomic E-state index is 0.0909. The minimum Gasteiger partial charge on any atom is -0.458 e. The predicted molar refractivity (Wildman–Crippen MR) is 139 cm³/mol. The van der Waals surface area contributed by atoms with Crippen molar-refractivity contribution in [2.45, 2.75) is 59.5 Å². The molecule has 3 atom stereocenters. The molecule has 2 aromatic carbocycles. The molecule has 0 spiro atoms. The maximum absolute atomic E-state index is 13.1. The molecule has 0 heterocycles. The van der Waals surface area contributed by atoms with Crippen LogP contribution in [0.5, 0.6) is 0 Å². The number of hydrogen-bond acceptors (Lipinski definition) is 5. The number of esters is 2. The van der Waals surface area contributed by atoms with Gasteiger partial charge in [0, 0.05) is 10.2 Å². The highest BCUT2D eigenvalue weighted by molar-refractivity contribution is 9.10. The second-order valence-corrected chi connectivity index (χ2v) is 10.5. The normalized spacial score (nSPS) is 19.8. The molecule has 2 aromatic rings. The Labute approximate surface area is 215 Å². The lowest BCUT2D eigenvalue weighted by Gasteiger charge is -2.36. The maximum atomic E-state index is 13.1. The minimum atomic E-state index is -0.739. The van der Waals surface area contributed by atoms with Crippen molar-refractivity contribution in [1.82, 2.24) is 0 Å². The van der Waals surface area contributed by atoms with Gasteiger partial charge in [-0.25, -0.2) is 9.59 Å². The van der Waals surface area contributed by atoms with Crippen LogP contribution in [-0.2, 0) is 20.7 Å². The van der Waals surface area contributed by atoms with Crippen LogP contribution in [0.2, 0.25) is 0 Å². The monoisotopic (exact) mass is 543 g/mol. The molecule has 35 heavy (non-hydrogen) atoms. The summed E-state index contributed by atoms with van der Waals surface area (Å²) in [6.45, 7) is 8.00. The fourth-order valence-electron chi connectivity index (χ4n) is 4.66. The zero-order valence-electron chi connectivity index (χ0n) is 20.8. The van der Waals surface area contributed by atoms with Crippen molar-refractivity contribution < 1.29 is 23.9 Å². The van der Waals surface area contributed by atoms with Crippen molar-refractivity contribution >= 4 is 39.5 Å². The molecule has 0 saturated heterocycles. The van der Waals surface area contributed by atoms with E-state index in [0.717, 1.165) is 35.7 Å². The van der Waals surface area contributed by atoms with Crippen LogP contribution in [-0.4, -0.2) is 30.6 Å².